The van der Waals surface area contributed by atoms with Crippen molar-refractivity contribution in [2.75, 3.05) is 20.3 Å². The molecule has 1 saturated carbocycles. The normalized spacial score (nSPS) is 27.2. The molecule has 0 radical (unpaired) electrons. The quantitative estimate of drug-likeness (QED) is 0.791. The summed E-state index contributed by atoms with van der Waals surface area (Å²) in [5, 5.41) is 17.0. The molecule has 2 heterocycles. The molecule has 0 bridgehead atoms. The average Bonchev–Trinajstić information content (AvgIpc) is 3.25. The summed E-state index contributed by atoms with van der Waals surface area (Å²) in [6.45, 7) is 1.56. The van der Waals surface area contributed by atoms with Crippen molar-refractivity contribution in [1.29, 1.82) is 0 Å². The van der Waals surface area contributed by atoms with E-state index in [0.29, 0.717) is 51.1 Å². The zero-order chi connectivity index (χ0) is 17.8. The lowest BCUT2D eigenvalue weighted by molar-refractivity contribution is -0.135. The van der Waals surface area contributed by atoms with Crippen LogP contribution in [0, 0.1) is 11.8 Å². The maximum absolute atomic E-state index is 12.6. The summed E-state index contributed by atoms with van der Waals surface area (Å²) in [4.78, 5) is 26.5. The number of aliphatic hydroxyl groups is 1. The van der Waals surface area contributed by atoms with Gasteiger partial charge in [0.15, 0.2) is 0 Å². The van der Waals surface area contributed by atoms with Crippen LogP contribution in [0.5, 0.6) is 0 Å². The Morgan fingerprint density at radius 1 is 1.32 bits per heavy atom. The van der Waals surface area contributed by atoms with E-state index < -0.39 is 6.10 Å². The molecule has 1 aromatic heterocycles. The van der Waals surface area contributed by atoms with Crippen molar-refractivity contribution in [2.45, 2.75) is 44.4 Å². The monoisotopic (exact) mass is 351 g/mol. The molecule has 0 unspecified atom stereocenters. The molecule has 1 aliphatic carbocycles. The summed E-state index contributed by atoms with van der Waals surface area (Å²) in [5.41, 5.74) is 0.679. The number of nitrogens with zero attached hydrogens (tertiary/aromatic N) is 2. The smallest absolute Gasteiger partial charge is 0.225 e. The molecule has 0 spiro atoms. The fraction of sp³-hybridized carbons (Fsp3) is 0.706. The van der Waals surface area contributed by atoms with E-state index in [0.717, 1.165) is 0 Å². The Morgan fingerprint density at radius 2 is 2.08 bits per heavy atom. The molecule has 3 atom stereocenters. The molecule has 2 aliphatic rings. The minimum absolute atomic E-state index is 0.0450. The SMILES string of the molecule is CN(Cc1ccon1)C(=O)[C@@H]1C[C@@H](O)[C@H](NC(=O)C2CCOCC2)C1. The Balaban J connectivity index is 1.51. The van der Waals surface area contributed by atoms with Crippen LogP contribution in [-0.4, -0.2) is 59.4 Å². The molecule has 2 N–H and O–H groups in total. The Labute approximate surface area is 146 Å². The van der Waals surface area contributed by atoms with E-state index in [4.69, 9.17) is 9.26 Å². The highest BCUT2D eigenvalue weighted by molar-refractivity contribution is 5.81. The Hall–Kier alpha value is -1.93. The van der Waals surface area contributed by atoms with Crippen LogP contribution < -0.4 is 5.32 Å². The maximum atomic E-state index is 12.6. The third kappa shape index (κ3) is 4.38. The van der Waals surface area contributed by atoms with Gasteiger partial charge < -0.3 is 24.6 Å². The van der Waals surface area contributed by atoms with Gasteiger partial charge in [0, 0.05) is 38.2 Å². The van der Waals surface area contributed by atoms with Gasteiger partial charge in [-0.25, -0.2) is 0 Å². The topological polar surface area (TPSA) is 105 Å². The van der Waals surface area contributed by atoms with Crippen LogP contribution in [-0.2, 0) is 20.9 Å². The van der Waals surface area contributed by atoms with E-state index in [2.05, 4.69) is 10.5 Å². The van der Waals surface area contributed by atoms with Gasteiger partial charge in [0.2, 0.25) is 11.8 Å². The number of amides is 2. The molecule has 3 rings (SSSR count). The van der Waals surface area contributed by atoms with E-state index in [-0.39, 0.29) is 29.7 Å². The molecular weight excluding hydrogens is 326 g/mol. The van der Waals surface area contributed by atoms with Crippen LogP contribution >= 0.6 is 0 Å². The van der Waals surface area contributed by atoms with Crippen molar-refractivity contribution in [1.82, 2.24) is 15.4 Å². The fourth-order valence-corrected chi connectivity index (χ4v) is 3.58. The average molecular weight is 351 g/mol. The van der Waals surface area contributed by atoms with Crippen molar-refractivity contribution < 1.29 is 24.0 Å². The molecule has 1 aliphatic heterocycles. The summed E-state index contributed by atoms with van der Waals surface area (Å²) in [5.74, 6) is -0.460. The summed E-state index contributed by atoms with van der Waals surface area (Å²) in [7, 11) is 1.71. The van der Waals surface area contributed by atoms with Gasteiger partial charge in [-0.15, -0.1) is 0 Å². The number of carbonyl (C=O) groups excluding carboxylic acids is 2. The highest BCUT2D eigenvalue weighted by atomic mass is 16.5. The number of hydrogen-bond donors (Lipinski definition) is 2. The van der Waals surface area contributed by atoms with Crippen LogP contribution in [0.15, 0.2) is 16.9 Å². The number of aromatic nitrogens is 1. The zero-order valence-corrected chi connectivity index (χ0v) is 14.4. The van der Waals surface area contributed by atoms with Gasteiger partial charge in [0.25, 0.3) is 0 Å². The van der Waals surface area contributed by atoms with E-state index in [9.17, 15) is 14.7 Å². The van der Waals surface area contributed by atoms with E-state index in [1.807, 2.05) is 0 Å². The Kier molecular flexibility index (Phi) is 5.70. The Morgan fingerprint density at radius 3 is 2.76 bits per heavy atom. The first-order valence-electron chi connectivity index (χ1n) is 8.75. The molecule has 1 saturated heterocycles. The summed E-state index contributed by atoms with van der Waals surface area (Å²) >= 11 is 0. The molecule has 2 fully saturated rings. The number of rotatable bonds is 5. The molecule has 138 valence electrons. The lowest BCUT2D eigenvalue weighted by Crippen LogP contribution is -2.44. The molecule has 8 heteroatoms. The first-order chi connectivity index (χ1) is 12.0. The van der Waals surface area contributed by atoms with Gasteiger partial charge in [-0.3, -0.25) is 9.59 Å². The molecule has 25 heavy (non-hydrogen) atoms. The van der Waals surface area contributed by atoms with Gasteiger partial charge in [-0.05, 0) is 25.7 Å². The summed E-state index contributed by atoms with van der Waals surface area (Å²) in [6.07, 6.45) is 3.00. The third-order valence-corrected chi connectivity index (χ3v) is 5.06. The second kappa shape index (κ2) is 7.97. The molecule has 0 aromatic carbocycles. The highest BCUT2D eigenvalue weighted by Crippen LogP contribution is 2.29. The van der Waals surface area contributed by atoms with Crippen molar-refractivity contribution in [3.8, 4) is 0 Å². The minimum atomic E-state index is -0.696. The first kappa shape index (κ1) is 17.9. The zero-order valence-electron chi connectivity index (χ0n) is 14.4. The van der Waals surface area contributed by atoms with Crippen LogP contribution in [0.1, 0.15) is 31.4 Å². The van der Waals surface area contributed by atoms with Crippen molar-refractivity contribution in [3.63, 3.8) is 0 Å². The van der Waals surface area contributed by atoms with Crippen LogP contribution in [0.2, 0.25) is 0 Å². The van der Waals surface area contributed by atoms with E-state index in [1.165, 1.54) is 6.26 Å². The van der Waals surface area contributed by atoms with Crippen molar-refractivity contribution in [2.24, 2.45) is 11.8 Å². The van der Waals surface area contributed by atoms with E-state index in [1.54, 1.807) is 18.0 Å². The lowest BCUT2D eigenvalue weighted by atomic mass is 9.98. The first-order valence-corrected chi connectivity index (χ1v) is 8.75. The number of carbonyl (C=O) groups is 2. The van der Waals surface area contributed by atoms with Gasteiger partial charge in [-0.2, -0.15) is 0 Å². The number of aliphatic hydroxyl groups excluding tert-OH is 1. The van der Waals surface area contributed by atoms with Gasteiger partial charge in [0.05, 0.1) is 18.7 Å². The molecule has 2 amide bonds. The molecule has 1 aromatic rings. The molecular formula is C17H25N3O5. The predicted molar refractivity (Wildman–Crippen MR) is 87.2 cm³/mol. The summed E-state index contributed by atoms with van der Waals surface area (Å²) in [6, 6.07) is 1.34. The van der Waals surface area contributed by atoms with Gasteiger partial charge in [-0.1, -0.05) is 5.16 Å². The van der Waals surface area contributed by atoms with Crippen LogP contribution in [0.3, 0.4) is 0 Å². The minimum Gasteiger partial charge on any atom is -0.391 e. The second-order valence-electron chi connectivity index (χ2n) is 6.92. The summed E-state index contributed by atoms with van der Waals surface area (Å²) < 4.78 is 10.0. The third-order valence-electron chi connectivity index (χ3n) is 5.06. The molecule has 8 nitrogen and oxygen atoms in total. The van der Waals surface area contributed by atoms with E-state index >= 15 is 0 Å². The lowest BCUT2D eigenvalue weighted by Gasteiger charge is -2.24. The van der Waals surface area contributed by atoms with Crippen molar-refractivity contribution in [3.05, 3.63) is 18.0 Å². The number of ether oxygens (including phenoxy) is 1. The number of nitrogens with one attached hydrogen (secondary N) is 1. The maximum Gasteiger partial charge on any atom is 0.225 e. The largest absolute Gasteiger partial charge is 0.391 e. The highest BCUT2D eigenvalue weighted by Gasteiger charge is 2.39. The number of hydrogen-bond acceptors (Lipinski definition) is 6. The van der Waals surface area contributed by atoms with Gasteiger partial charge in [0.1, 0.15) is 12.0 Å². The fourth-order valence-electron chi connectivity index (χ4n) is 3.58. The predicted octanol–water partition coefficient (Wildman–Crippen LogP) is 0.315. The van der Waals surface area contributed by atoms with Crippen LogP contribution in [0.25, 0.3) is 0 Å². The second-order valence-corrected chi connectivity index (χ2v) is 6.92. The standard InChI is InChI=1S/C17H25N3O5/c1-20(10-13-4-7-25-19-13)17(23)12-8-14(15(21)9-12)18-16(22)11-2-5-24-6-3-11/h4,7,11-12,14-15,21H,2-3,5-6,8-10H2,1H3,(H,18,22)/t12-,14+,15+/m0/s1. The van der Waals surface area contributed by atoms with Crippen LogP contribution in [0.4, 0.5) is 0 Å². The van der Waals surface area contributed by atoms with Gasteiger partial charge >= 0.3 is 0 Å². The Bertz CT molecular complexity index is 585. The van der Waals surface area contributed by atoms with Crippen molar-refractivity contribution >= 4 is 11.8 Å².